The second-order valence-corrected chi connectivity index (χ2v) is 14.3. The summed E-state index contributed by atoms with van der Waals surface area (Å²) in [5, 5.41) is 13.7. The Morgan fingerprint density at radius 3 is 2.04 bits per heavy atom. The molecule has 0 N–H and O–H groups in total. The van der Waals surface area contributed by atoms with E-state index in [4.69, 9.17) is 19.4 Å². The average molecular weight is 609 g/mol. The molecule has 4 saturated carbocycles. The van der Waals surface area contributed by atoms with Crippen molar-refractivity contribution in [1.29, 1.82) is 5.26 Å². The molecule has 7 aromatic rings. The largest absolute Gasteiger partial charge is 0.455 e. The lowest BCUT2D eigenvalue weighted by atomic mass is 9.48. The third kappa shape index (κ3) is 4.32. The summed E-state index contributed by atoms with van der Waals surface area (Å²) in [6.07, 6.45) is 8.37. The number of hydrogen-bond acceptors (Lipinski definition) is 5. The molecule has 2 aromatic heterocycles. The molecule has 5 nitrogen and oxygen atoms in total. The van der Waals surface area contributed by atoms with Crippen LogP contribution in [0.25, 0.3) is 66.9 Å². The van der Waals surface area contributed by atoms with Crippen LogP contribution in [0.15, 0.2) is 108 Å². The van der Waals surface area contributed by atoms with E-state index >= 15 is 0 Å². The number of para-hydroxylation sites is 1. The van der Waals surface area contributed by atoms with Crippen LogP contribution >= 0.6 is 0 Å². The SMILES string of the molecule is N#Cc1ccc2oc3c(-c4nc(-c5ccc(C67C[C@H]8C[C@H](C6)C[C@@H](C7)C8)cc5)nc(-c5ccc6ccccc6c5)n4)cccc3c2c1. The van der Waals surface area contributed by atoms with Crippen LogP contribution in [0, 0.1) is 29.1 Å². The maximum Gasteiger partial charge on any atom is 0.167 e. The van der Waals surface area contributed by atoms with Gasteiger partial charge in [0.15, 0.2) is 17.5 Å². The first-order valence-electron chi connectivity index (χ1n) is 16.8. The van der Waals surface area contributed by atoms with E-state index in [1.54, 1.807) is 6.07 Å². The van der Waals surface area contributed by atoms with Gasteiger partial charge in [0, 0.05) is 21.9 Å². The molecule has 5 aromatic carbocycles. The molecule has 4 fully saturated rings. The van der Waals surface area contributed by atoms with Gasteiger partial charge in [-0.1, -0.05) is 72.8 Å². The van der Waals surface area contributed by atoms with Crippen molar-refractivity contribution in [3.05, 3.63) is 114 Å². The second kappa shape index (κ2) is 10.1. The third-order valence-electron chi connectivity index (χ3n) is 11.3. The Balaban J connectivity index is 1.12. The highest BCUT2D eigenvalue weighted by molar-refractivity contribution is 6.09. The predicted molar refractivity (Wildman–Crippen MR) is 185 cm³/mol. The van der Waals surface area contributed by atoms with Crippen molar-refractivity contribution >= 4 is 32.7 Å². The topological polar surface area (TPSA) is 75.6 Å². The van der Waals surface area contributed by atoms with Gasteiger partial charge in [-0.05, 0) is 108 Å². The Morgan fingerprint density at radius 1 is 0.617 bits per heavy atom. The van der Waals surface area contributed by atoms with Gasteiger partial charge >= 0.3 is 0 Å². The standard InChI is InChI=1S/C42H32N4O/c43-24-25-8-15-37-36(19-25)34-6-3-7-35(38(34)47-37)41-45-39(44-40(46-41)32-10-9-29-4-1-2-5-31(29)20-32)30-11-13-33(14-12-30)42-21-26-16-27(22-42)18-28(17-26)23-42/h1-15,19-20,26-28H,16-18,21-23H2/t26-,27-,28-,42?. The van der Waals surface area contributed by atoms with E-state index in [0.717, 1.165) is 56.2 Å². The van der Waals surface area contributed by atoms with Gasteiger partial charge in [-0.3, -0.25) is 0 Å². The quantitative estimate of drug-likeness (QED) is 0.199. The number of nitrogens with zero attached hydrogens (tertiary/aromatic N) is 4. The number of aromatic nitrogens is 3. The van der Waals surface area contributed by atoms with Gasteiger partial charge in [-0.2, -0.15) is 5.26 Å². The smallest absolute Gasteiger partial charge is 0.167 e. The Bertz CT molecular complexity index is 2380. The molecule has 2 heterocycles. The summed E-state index contributed by atoms with van der Waals surface area (Å²) in [5.41, 5.74) is 6.60. The van der Waals surface area contributed by atoms with Crippen LogP contribution < -0.4 is 0 Å². The van der Waals surface area contributed by atoms with Gasteiger partial charge in [0.2, 0.25) is 0 Å². The van der Waals surface area contributed by atoms with Gasteiger partial charge in [0.05, 0.1) is 17.2 Å². The van der Waals surface area contributed by atoms with Crippen molar-refractivity contribution in [2.75, 3.05) is 0 Å². The maximum absolute atomic E-state index is 9.52. The first-order chi connectivity index (χ1) is 23.1. The average Bonchev–Trinajstić information content (AvgIpc) is 3.49. The number of fused-ring (bicyclic) bond motifs is 4. The first kappa shape index (κ1) is 26.8. The van der Waals surface area contributed by atoms with E-state index in [1.165, 1.54) is 49.5 Å². The van der Waals surface area contributed by atoms with E-state index in [1.807, 2.05) is 30.3 Å². The molecule has 0 amide bonds. The summed E-state index contributed by atoms with van der Waals surface area (Å²) in [5.74, 6) is 4.56. The maximum atomic E-state index is 9.52. The van der Waals surface area contributed by atoms with Crippen molar-refractivity contribution in [3.8, 4) is 40.2 Å². The molecule has 11 rings (SSSR count). The molecule has 4 bridgehead atoms. The minimum absolute atomic E-state index is 0.343. The minimum atomic E-state index is 0.343. The van der Waals surface area contributed by atoms with Crippen LogP contribution in [0.4, 0.5) is 0 Å². The molecule has 0 saturated heterocycles. The Labute approximate surface area is 272 Å². The molecule has 4 aliphatic carbocycles. The zero-order valence-electron chi connectivity index (χ0n) is 26.0. The number of nitriles is 1. The molecule has 0 aliphatic heterocycles. The fourth-order valence-corrected chi connectivity index (χ4v) is 9.56. The van der Waals surface area contributed by atoms with E-state index in [9.17, 15) is 5.26 Å². The van der Waals surface area contributed by atoms with Crippen molar-refractivity contribution in [3.63, 3.8) is 0 Å². The zero-order valence-corrected chi connectivity index (χ0v) is 26.0. The number of furan rings is 1. The molecular weight excluding hydrogens is 576 g/mol. The zero-order chi connectivity index (χ0) is 31.1. The highest BCUT2D eigenvalue weighted by Crippen LogP contribution is 2.60. The molecule has 0 unspecified atom stereocenters. The first-order valence-corrected chi connectivity index (χ1v) is 16.8. The lowest BCUT2D eigenvalue weighted by molar-refractivity contribution is -0.00518. The third-order valence-corrected chi connectivity index (χ3v) is 11.3. The Morgan fingerprint density at radius 2 is 1.30 bits per heavy atom. The second-order valence-electron chi connectivity index (χ2n) is 14.3. The van der Waals surface area contributed by atoms with Crippen molar-refractivity contribution < 1.29 is 4.42 Å². The summed E-state index contributed by atoms with van der Waals surface area (Å²) < 4.78 is 6.41. The van der Waals surface area contributed by atoms with Gasteiger partial charge in [0.25, 0.3) is 0 Å². The Hall–Kier alpha value is -5.34. The van der Waals surface area contributed by atoms with Gasteiger partial charge in [-0.15, -0.1) is 0 Å². The molecular formula is C42H32N4O. The predicted octanol–water partition coefficient (Wildman–Crippen LogP) is 10.3. The van der Waals surface area contributed by atoms with Gasteiger partial charge < -0.3 is 4.42 Å². The highest BCUT2D eigenvalue weighted by Gasteiger charge is 2.51. The summed E-state index contributed by atoms with van der Waals surface area (Å²) in [7, 11) is 0. The minimum Gasteiger partial charge on any atom is -0.455 e. The van der Waals surface area contributed by atoms with Crippen molar-refractivity contribution in [2.24, 2.45) is 17.8 Å². The number of benzene rings is 5. The number of rotatable bonds is 4. The van der Waals surface area contributed by atoms with Gasteiger partial charge in [0.1, 0.15) is 11.2 Å². The lowest BCUT2D eigenvalue weighted by Gasteiger charge is -2.57. The fourth-order valence-electron chi connectivity index (χ4n) is 9.56. The van der Waals surface area contributed by atoms with E-state index in [2.05, 4.69) is 72.8 Å². The van der Waals surface area contributed by atoms with Crippen LogP contribution in [0.1, 0.15) is 49.7 Å². The summed E-state index contributed by atoms with van der Waals surface area (Å²) in [4.78, 5) is 15.3. The van der Waals surface area contributed by atoms with E-state index in [-0.39, 0.29) is 0 Å². The van der Waals surface area contributed by atoms with Gasteiger partial charge in [-0.25, -0.2) is 15.0 Å². The summed E-state index contributed by atoms with van der Waals surface area (Å²) in [6.45, 7) is 0. The molecule has 0 radical (unpaired) electrons. The van der Waals surface area contributed by atoms with Crippen LogP contribution in [0.2, 0.25) is 0 Å². The molecule has 226 valence electrons. The normalized spacial score (nSPS) is 23.1. The summed E-state index contributed by atoms with van der Waals surface area (Å²) in [6, 6.07) is 37.7. The van der Waals surface area contributed by atoms with Crippen molar-refractivity contribution in [2.45, 2.75) is 43.9 Å². The molecule has 4 aliphatic rings. The lowest BCUT2D eigenvalue weighted by Crippen LogP contribution is -2.48. The van der Waals surface area contributed by atoms with Crippen LogP contribution in [0.5, 0.6) is 0 Å². The monoisotopic (exact) mass is 608 g/mol. The fraction of sp³-hybridized carbons (Fsp3) is 0.238. The van der Waals surface area contributed by atoms with Crippen LogP contribution in [0.3, 0.4) is 0 Å². The molecule has 0 atom stereocenters. The summed E-state index contributed by atoms with van der Waals surface area (Å²) >= 11 is 0. The van der Waals surface area contributed by atoms with Crippen molar-refractivity contribution in [1.82, 2.24) is 15.0 Å². The molecule has 5 heteroatoms. The van der Waals surface area contributed by atoms with Crippen LogP contribution in [-0.2, 0) is 5.41 Å². The number of hydrogen-bond donors (Lipinski definition) is 0. The van der Waals surface area contributed by atoms with E-state index in [0.29, 0.717) is 34.0 Å². The van der Waals surface area contributed by atoms with E-state index < -0.39 is 0 Å². The Kier molecular flexibility index (Phi) is 5.75. The molecule has 0 spiro atoms. The van der Waals surface area contributed by atoms with Crippen LogP contribution in [-0.4, -0.2) is 15.0 Å². The molecule has 47 heavy (non-hydrogen) atoms. The highest BCUT2D eigenvalue weighted by atomic mass is 16.3.